The maximum atomic E-state index is 2.31. The van der Waals surface area contributed by atoms with E-state index in [9.17, 15) is 0 Å². The van der Waals surface area contributed by atoms with E-state index in [0.717, 1.165) is 0 Å². The number of hydrogen-bond donors (Lipinski definition) is 0. The highest BCUT2D eigenvalue weighted by atomic mass is 32.2. The molecule has 0 saturated heterocycles. The summed E-state index contributed by atoms with van der Waals surface area (Å²) < 4.78 is 0. The maximum Gasteiger partial charge on any atom is 0.0157 e. The van der Waals surface area contributed by atoms with E-state index in [2.05, 4.69) is 57.2 Å². The van der Waals surface area contributed by atoms with E-state index in [1.807, 2.05) is 11.8 Å². The molecule has 0 saturated carbocycles. The largest absolute Gasteiger partial charge is 0.0895 e. The van der Waals surface area contributed by atoms with Gasteiger partial charge in [-0.2, -0.15) is 0 Å². The van der Waals surface area contributed by atoms with Gasteiger partial charge in [-0.1, -0.05) is 49.9 Å². The van der Waals surface area contributed by atoms with Crippen LogP contribution in [0.3, 0.4) is 0 Å². The van der Waals surface area contributed by atoms with Crippen LogP contribution in [0.25, 0.3) is 0 Å². The summed E-state index contributed by atoms with van der Waals surface area (Å²) in [5.41, 5.74) is 6.09. The summed E-state index contributed by atoms with van der Waals surface area (Å²) >= 11 is 1.94. The molecule has 0 amide bonds. The van der Waals surface area contributed by atoms with Crippen molar-refractivity contribution in [3.05, 3.63) is 58.7 Å². The lowest BCUT2D eigenvalue weighted by atomic mass is 9.90. The Morgan fingerprint density at radius 3 is 2.53 bits per heavy atom. The monoisotopic (exact) mass is 268 g/mol. The standard InChI is InChI=1S/C18H20S/c1-12(2)18-13(3)8-11-17-15(18)10-9-14-6-4-5-7-16(14)19-17/h4-8,11-12H,9-10H2,1-3H3. The van der Waals surface area contributed by atoms with Gasteiger partial charge in [0.2, 0.25) is 0 Å². The molecule has 0 aliphatic carbocycles. The van der Waals surface area contributed by atoms with Crippen molar-refractivity contribution in [2.45, 2.75) is 49.3 Å². The first kappa shape index (κ1) is 12.8. The van der Waals surface area contributed by atoms with E-state index in [0.29, 0.717) is 5.92 Å². The third kappa shape index (κ3) is 2.32. The lowest BCUT2D eigenvalue weighted by Crippen LogP contribution is -2.02. The third-order valence-electron chi connectivity index (χ3n) is 3.95. The van der Waals surface area contributed by atoms with Crippen LogP contribution in [0.4, 0.5) is 0 Å². The molecule has 1 aliphatic rings. The molecule has 2 aromatic rings. The van der Waals surface area contributed by atoms with Crippen LogP contribution in [-0.4, -0.2) is 0 Å². The van der Waals surface area contributed by atoms with E-state index < -0.39 is 0 Å². The molecule has 0 spiro atoms. The molecule has 19 heavy (non-hydrogen) atoms. The van der Waals surface area contributed by atoms with Gasteiger partial charge >= 0.3 is 0 Å². The summed E-state index contributed by atoms with van der Waals surface area (Å²) in [5, 5.41) is 0. The first-order chi connectivity index (χ1) is 9.16. The summed E-state index contributed by atoms with van der Waals surface area (Å²) in [6.07, 6.45) is 2.34. The van der Waals surface area contributed by atoms with Gasteiger partial charge in [-0.3, -0.25) is 0 Å². The molecule has 0 fully saturated rings. The lowest BCUT2D eigenvalue weighted by molar-refractivity contribution is 0.807. The van der Waals surface area contributed by atoms with Crippen molar-refractivity contribution < 1.29 is 0 Å². The van der Waals surface area contributed by atoms with Crippen LogP contribution >= 0.6 is 11.8 Å². The molecule has 98 valence electrons. The Kier molecular flexibility index (Phi) is 3.40. The van der Waals surface area contributed by atoms with Gasteiger partial charge < -0.3 is 0 Å². The summed E-state index contributed by atoms with van der Waals surface area (Å²) in [7, 11) is 0. The molecular weight excluding hydrogens is 248 g/mol. The van der Waals surface area contributed by atoms with Gasteiger partial charge in [-0.25, -0.2) is 0 Å². The Balaban J connectivity index is 2.13. The molecule has 0 aromatic heterocycles. The highest BCUT2D eigenvalue weighted by Crippen LogP contribution is 2.40. The second kappa shape index (κ2) is 5.05. The van der Waals surface area contributed by atoms with Crippen molar-refractivity contribution in [1.82, 2.24) is 0 Å². The van der Waals surface area contributed by atoms with Crippen molar-refractivity contribution in [3.63, 3.8) is 0 Å². The lowest BCUT2D eigenvalue weighted by Gasteiger charge is -2.18. The van der Waals surface area contributed by atoms with Crippen LogP contribution < -0.4 is 0 Å². The molecule has 0 nitrogen and oxygen atoms in total. The molecule has 0 bridgehead atoms. The van der Waals surface area contributed by atoms with Gasteiger partial charge in [0.05, 0.1) is 0 Å². The SMILES string of the molecule is Cc1ccc2c(c1C(C)C)CCc1ccccc1S2. The van der Waals surface area contributed by atoms with E-state index in [1.54, 1.807) is 11.1 Å². The number of rotatable bonds is 1. The Morgan fingerprint density at radius 1 is 0.947 bits per heavy atom. The fourth-order valence-electron chi connectivity index (χ4n) is 3.11. The molecule has 1 heterocycles. The molecule has 0 radical (unpaired) electrons. The Hall–Kier alpha value is -1.21. The van der Waals surface area contributed by atoms with Gasteiger partial charge in [-0.15, -0.1) is 0 Å². The average Bonchev–Trinajstić information content (AvgIpc) is 2.57. The number of benzene rings is 2. The van der Waals surface area contributed by atoms with Gasteiger partial charge in [0.1, 0.15) is 0 Å². The van der Waals surface area contributed by atoms with Crippen molar-refractivity contribution >= 4 is 11.8 Å². The van der Waals surface area contributed by atoms with Gasteiger partial charge in [0.25, 0.3) is 0 Å². The average molecular weight is 268 g/mol. The van der Waals surface area contributed by atoms with E-state index in [1.165, 1.54) is 33.8 Å². The van der Waals surface area contributed by atoms with Crippen LogP contribution in [0.2, 0.25) is 0 Å². The molecule has 0 atom stereocenters. The summed E-state index contributed by atoms with van der Waals surface area (Å²) in [4.78, 5) is 2.89. The first-order valence-electron chi connectivity index (χ1n) is 7.05. The molecular formula is C18H20S. The molecule has 1 aliphatic heterocycles. The first-order valence-corrected chi connectivity index (χ1v) is 7.86. The maximum absolute atomic E-state index is 2.31. The number of aryl methyl sites for hydroxylation is 2. The zero-order chi connectivity index (χ0) is 13.4. The van der Waals surface area contributed by atoms with Gasteiger partial charge in [0, 0.05) is 9.79 Å². The van der Waals surface area contributed by atoms with Crippen molar-refractivity contribution in [2.24, 2.45) is 0 Å². The minimum atomic E-state index is 0.608. The van der Waals surface area contributed by atoms with Crippen molar-refractivity contribution in [3.8, 4) is 0 Å². The van der Waals surface area contributed by atoms with Gasteiger partial charge in [-0.05, 0) is 60.1 Å². The molecule has 1 heteroatoms. The zero-order valence-electron chi connectivity index (χ0n) is 11.9. The smallest absolute Gasteiger partial charge is 0.0157 e. The summed E-state index contributed by atoms with van der Waals surface area (Å²) in [6, 6.07) is 13.4. The van der Waals surface area contributed by atoms with E-state index >= 15 is 0 Å². The topological polar surface area (TPSA) is 0 Å². The normalized spacial score (nSPS) is 13.9. The van der Waals surface area contributed by atoms with Crippen molar-refractivity contribution in [2.75, 3.05) is 0 Å². The van der Waals surface area contributed by atoms with Gasteiger partial charge in [0.15, 0.2) is 0 Å². The van der Waals surface area contributed by atoms with Crippen LogP contribution in [0, 0.1) is 6.92 Å². The highest BCUT2D eigenvalue weighted by Gasteiger charge is 2.19. The zero-order valence-corrected chi connectivity index (χ0v) is 12.7. The predicted molar refractivity (Wildman–Crippen MR) is 83.2 cm³/mol. The van der Waals surface area contributed by atoms with Crippen LogP contribution in [0.1, 0.15) is 42.0 Å². The second-order valence-corrected chi connectivity index (χ2v) is 6.72. The third-order valence-corrected chi connectivity index (χ3v) is 5.17. The van der Waals surface area contributed by atoms with Crippen LogP contribution in [-0.2, 0) is 12.8 Å². The minimum Gasteiger partial charge on any atom is -0.0895 e. The highest BCUT2D eigenvalue weighted by molar-refractivity contribution is 7.99. The summed E-state index contributed by atoms with van der Waals surface area (Å²) in [5.74, 6) is 0.608. The number of hydrogen-bond acceptors (Lipinski definition) is 1. The Morgan fingerprint density at radius 2 is 1.74 bits per heavy atom. The Bertz CT molecular complexity index is 611. The van der Waals surface area contributed by atoms with Crippen LogP contribution in [0.15, 0.2) is 46.2 Å². The molecule has 2 aromatic carbocycles. The fourth-order valence-corrected chi connectivity index (χ4v) is 4.26. The second-order valence-electron chi connectivity index (χ2n) is 5.64. The fraction of sp³-hybridized carbons (Fsp3) is 0.333. The van der Waals surface area contributed by atoms with Crippen molar-refractivity contribution in [1.29, 1.82) is 0 Å². The predicted octanol–water partition coefficient (Wildman–Crippen LogP) is 5.37. The minimum absolute atomic E-state index is 0.608. The van der Waals surface area contributed by atoms with Crippen LogP contribution in [0.5, 0.6) is 0 Å². The van der Waals surface area contributed by atoms with E-state index in [4.69, 9.17) is 0 Å². The molecule has 0 N–H and O–H groups in total. The summed E-state index contributed by atoms with van der Waals surface area (Å²) in [6.45, 7) is 6.87. The molecule has 0 unspecified atom stereocenters. The molecule has 3 rings (SSSR count). The van der Waals surface area contributed by atoms with E-state index in [-0.39, 0.29) is 0 Å². The quantitative estimate of drug-likeness (QED) is 0.670. The number of fused-ring (bicyclic) bond motifs is 2. The Labute approximate surface area is 120 Å².